The maximum atomic E-state index is 12.6. The minimum absolute atomic E-state index is 0.0355. The van der Waals surface area contributed by atoms with Gasteiger partial charge in [-0.3, -0.25) is 14.5 Å². The van der Waals surface area contributed by atoms with E-state index in [1.165, 1.54) is 28.3 Å². The summed E-state index contributed by atoms with van der Waals surface area (Å²) in [6, 6.07) is 14.4. The van der Waals surface area contributed by atoms with Crippen LogP contribution in [0.1, 0.15) is 18.1 Å². The molecule has 138 valence electrons. The molecule has 0 unspecified atom stereocenters. The van der Waals surface area contributed by atoms with E-state index in [0.717, 1.165) is 12.0 Å². The van der Waals surface area contributed by atoms with Crippen molar-refractivity contribution >= 4 is 51.9 Å². The topological polar surface area (TPSA) is 69.6 Å². The molecule has 2 aromatic carbocycles. The van der Waals surface area contributed by atoms with Crippen LogP contribution < -0.4 is 5.32 Å². The van der Waals surface area contributed by atoms with Gasteiger partial charge in [0.05, 0.1) is 10.6 Å². The Kier molecular flexibility index (Phi) is 5.93. The Morgan fingerprint density at radius 3 is 2.59 bits per heavy atom. The number of rotatable bonds is 5. The van der Waals surface area contributed by atoms with E-state index in [2.05, 4.69) is 12.2 Å². The number of thiocarbonyl (C=S) groups is 1. The van der Waals surface area contributed by atoms with Gasteiger partial charge in [0.1, 0.15) is 16.6 Å². The fraction of sp³-hybridized carbons (Fsp3) is 0.150. The number of aryl methyl sites for hydroxylation is 1. The van der Waals surface area contributed by atoms with Gasteiger partial charge in [0.25, 0.3) is 5.91 Å². The van der Waals surface area contributed by atoms with Crippen LogP contribution in [0.2, 0.25) is 0 Å². The predicted octanol–water partition coefficient (Wildman–Crippen LogP) is 3.79. The highest BCUT2D eigenvalue weighted by molar-refractivity contribution is 8.26. The minimum atomic E-state index is -0.429. The van der Waals surface area contributed by atoms with Gasteiger partial charge in [-0.1, -0.05) is 67.3 Å². The Hall–Kier alpha value is -2.64. The molecule has 3 rings (SSSR count). The van der Waals surface area contributed by atoms with E-state index in [0.29, 0.717) is 14.9 Å². The van der Waals surface area contributed by atoms with Gasteiger partial charge in [0.15, 0.2) is 0 Å². The van der Waals surface area contributed by atoms with Crippen LogP contribution in [0.25, 0.3) is 6.08 Å². The summed E-state index contributed by atoms with van der Waals surface area (Å²) < 4.78 is 0.337. The molecule has 0 bridgehead atoms. The maximum Gasteiger partial charge on any atom is 0.266 e. The summed E-state index contributed by atoms with van der Waals surface area (Å²) in [6.07, 6.45) is 2.73. The number of phenolic OH excluding ortho intramolecular Hbond substituents is 1. The number of hydrogen-bond donors (Lipinski definition) is 2. The third-order valence-corrected chi connectivity index (χ3v) is 5.42. The number of para-hydroxylation sites is 2. The van der Waals surface area contributed by atoms with Gasteiger partial charge in [-0.15, -0.1) is 0 Å². The average Bonchev–Trinajstić information content (AvgIpc) is 2.91. The number of thioether (sulfide) groups is 1. The van der Waals surface area contributed by atoms with Crippen molar-refractivity contribution in [1.29, 1.82) is 0 Å². The van der Waals surface area contributed by atoms with Crippen LogP contribution in [-0.4, -0.2) is 32.7 Å². The standard InChI is InChI=1S/C20H18N2O3S2/c1-2-13-7-9-14(10-8-13)11-17-19(25)22(20(26)27-17)12-18(24)21-15-5-3-4-6-16(15)23/h3-11,23H,2,12H2,1H3,(H,21,24). The van der Waals surface area contributed by atoms with Crippen LogP contribution in [0.4, 0.5) is 5.69 Å². The zero-order chi connectivity index (χ0) is 19.4. The Morgan fingerprint density at radius 1 is 1.22 bits per heavy atom. The Labute approximate surface area is 167 Å². The highest BCUT2D eigenvalue weighted by Crippen LogP contribution is 2.32. The lowest BCUT2D eigenvalue weighted by Gasteiger charge is -2.14. The molecule has 7 heteroatoms. The van der Waals surface area contributed by atoms with Crippen molar-refractivity contribution < 1.29 is 14.7 Å². The number of nitrogens with one attached hydrogen (secondary N) is 1. The normalized spacial score (nSPS) is 15.4. The van der Waals surface area contributed by atoms with Crippen molar-refractivity contribution in [1.82, 2.24) is 4.90 Å². The summed E-state index contributed by atoms with van der Waals surface area (Å²) in [7, 11) is 0. The number of phenols is 1. The summed E-state index contributed by atoms with van der Waals surface area (Å²) in [4.78, 5) is 26.6. The molecule has 0 atom stereocenters. The molecule has 1 heterocycles. The largest absolute Gasteiger partial charge is 0.506 e. The smallest absolute Gasteiger partial charge is 0.266 e. The first kappa shape index (κ1) is 19.1. The summed E-state index contributed by atoms with van der Waals surface area (Å²) in [5.41, 5.74) is 2.42. The summed E-state index contributed by atoms with van der Waals surface area (Å²) >= 11 is 6.43. The molecule has 2 amide bonds. The van der Waals surface area contributed by atoms with Crippen LogP contribution in [0.5, 0.6) is 5.75 Å². The number of aromatic hydroxyl groups is 1. The predicted molar refractivity (Wildman–Crippen MR) is 112 cm³/mol. The monoisotopic (exact) mass is 398 g/mol. The number of carbonyl (C=O) groups excluding carboxylic acids is 2. The number of carbonyl (C=O) groups is 2. The molecular formula is C20H18N2O3S2. The summed E-state index contributed by atoms with van der Waals surface area (Å²) in [5, 5.41) is 12.3. The molecule has 1 fully saturated rings. The van der Waals surface area contributed by atoms with Gasteiger partial charge >= 0.3 is 0 Å². The Balaban J connectivity index is 1.69. The van der Waals surface area contributed by atoms with Crippen molar-refractivity contribution in [3.8, 4) is 5.75 Å². The Morgan fingerprint density at radius 2 is 1.93 bits per heavy atom. The minimum Gasteiger partial charge on any atom is -0.506 e. The second-order valence-electron chi connectivity index (χ2n) is 5.93. The first-order chi connectivity index (χ1) is 13.0. The molecule has 0 aromatic heterocycles. The first-order valence-electron chi connectivity index (χ1n) is 8.40. The molecule has 1 saturated heterocycles. The van der Waals surface area contributed by atoms with Gasteiger partial charge in [0.2, 0.25) is 5.91 Å². The molecule has 2 aromatic rings. The third-order valence-electron chi connectivity index (χ3n) is 4.04. The highest BCUT2D eigenvalue weighted by Gasteiger charge is 2.33. The van der Waals surface area contributed by atoms with Crippen molar-refractivity contribution in [3.05, 3.63) is 64.6 Å². The molecule has 0 radical (unpaired) electrons. The van der Waals surface area contributed by atoms with E-state index in [-0.39, 0.29) is 18.2 Å². The van der Waals surface area contributed by atoms with Gasteiger partial charge in [-0.25, -0.2) is 0 Å². The zero-order valence-electron chi connectivity index (χ0n) is 14.6. The molecule has 0 aliphatic carbocycles. The van der Waals surface area contributed by atoms with Gasteiger partial charge in [0, 0.05) is 0 Å². The van der Waals surface area contributed by atoms with E-state index in [9.17, 15) is 14.7 Å². The molecule has 27 heavy (non-hydrogen) atoms. The molecule has 2 N–H and O–H groups in total. The fourth-order valence-corrected chi connectivity index (χ4v) is 3.81. The lowest BCUT2D eigenvalue weighted by atomic mass is 10.1. The number of benzene rings is 2. The van der Waals surface area contributed by atoms with Crippen molar-refractivity contribution in [3.63, 3.8) is 0 Å². The quantitative estimate of drug-likeness (QED) is 0.456. The lowest BCUT2D eigenvalue weighted by Crippen LogP contribution is -2.36. The second kappa shape index (κ2) is 8.37. The van der Waals surface area contributed by atoms with E-state index in [1.807, 2.05) is 24.3 Å². The number of amides is 2. The molecule has 0 saturated carbocycles. The van der Waals surface area contributed by atoms with Gasteiger partial charge in [-0.2, -0.15) is 0 Å². The van der Waals surface area contributed by atoms with Crippen molar-refractivity contribution in [2.24, 2.45) is 0 Å². The van der Waals surface area contributed by atoms with E-state index in [1.54, 1.807) is 24.3 Å². The van der Waals surface area contributed by atoms with Crippen molar-refractivity contribution in [2.45, 2.75) is 13.3 Å². The molecule has 1 aliphatic heterocycles. The first-order valence-corrected chi connectivity index (χ1v) is 9.62. The van der Waals surface area contributed by atoms with Crippen molar-refractivity contribution in [2.75, 3.05) is 11.9 Å². The lowest BCUT2D eigenvalue weighted by molar-refractivity contribution is -0.126. The fourth-order valence-electron chi connectivity index (χ4n) is 2.55. The van der Waals surface area contributed by atoms with E-state index in [4.69, 9.17) is 12.2 Å². The van der Waals surface area contributed by atoms with Crippen LogP contribution >= 0.6 is 24.0 Å². The number of hydrogen-bond acceptors (Lipinski definition) is 5. The summed E-state index contributed by atoms with van der Waals surface area (Å²) in [6.45, 7) is 1.88. The Bertz CT molecular complexity index is 923. The average molecular weight is 399 g/mol. The van der Waals surface area contributed by atoms with Gasteiger partial charge in [-0.05, 0) is 35.8 Å². The third kappa shape index (κ3) is 4.56. The van der Waals surface area contributed by atoms with Crippen LogP contribution in [0.3, 0.4) is 0 Å². The van der Waals surface area contributed by atoms with Gasteiger partial charge < -0.3 is 10.4 Å². The van der Waals surface area contributed by atoms with Crippen LogP contribution in [0.15, 0.2) is 53.4 Å². The molecule has 0 spiro atoms. The zero-order valence-corrected chi connectivity index (χ0v) is 16.3. The SMILES string of the molecule is CCc1ccc(C=C2SC(=S)N(CC(=O)Nc3ccccc3O)C2=O)cc1. The second-order valence-corrected chi connectivity index (χ2v) is 7.60. The molecular weight excluding hydrogens is 380 g/mol. The number of anilines is 1. The van der Waals surface area contributed by atoms with Crippen LogP contribution in [0, 0.1) is 0 Å². The summed E-state index contributed by atoms with van der Waals surface area (Å²) in [5.74, 6) is -0.759. The maximum absolute atomic E-state index is 12.6. The molecule has 1 aliphatic rings. The number of nitrogens with zero attached hydrogens (tertiary/aromatic N) is 1. The van der Waals surface area contributed by atoms with Crippen LogP contribution in [-0.2, 0) is 16.0 Å². The van der Waals surface area contributed by atoms with E-state index < -0.39 is 5.91 Å². The van der Waals surface area contributed by atoms with E-state index >= 15 is 0 Å². The molecule has 5 nitrogen and oxygen atoms in total. The highest BCUT2D eigenvalue weighted by atomic mass is 32.2.